The maximum absolute atomic E-state index is 13.5. The fourth-order valence-electron chi connectivity index (χ4n) is 3.52. The van der Waals surface area contributed by atoms with Crippen LogP contribution in [0.25, 0.3) is 0 Å². The number of benzene rings is 2. The van der Waals surface area contributed by atoms with Crippen molar-refractivity contribution in [3.63, 3.8) is 0 Å². The van der Waals surface area contributed by atoms with Gasteiger partial charge in [-0.15, -0.1) is 0 Å². The van der Waals surface area contributed by atoms with Crippen molar-refractivity contribution in [2.45, 2.75) is 25.1 Å². The Bertz CT molecular complexity index is 1250. The quantitative estimate of drug-likeness (QED) is 0.360. The summed E-state index contributed by atoms with van der Waals surface area (Å²) >= 11 is 4.66. The zero-order chi connectivity index (χ0) is 23.4. The van der Waals surface area contributed by atoms with Crippen molar-refractivity contribution in [3.05, 3.63) is 98.9 Å². The number of hydrogen-bond donors (Lipinski definition) is 1. The number of anilines is 1. The summed E-state index contributed by atoms with van der Waals surface area (Å²) in [5.74, 6) is -0.141. The third-order valence-electron chi connectivity index (χ3n) is 5.26. The summed E-state index contributed by atoms with van der Waals surface area (Å²) in [4.78, 5) is 27.9. The normalized spacial score (nSPS) is 17.1. The van der Waals surface area contributed by atoms with Gasteiger partial charge in [0.2, 0.25) is 5.91 Å². The van der Waals surface area contributed by atoms with E-state index in [1.165, 1.54) is 22.9 Å². The summed E-state index contributed by atoms with van der Waals surface area (Å²) in [6.07, 6.45) is 2.02. The third-order valence-corrected chi connectivity index (χ3v) is 7.05. The lowest BCUT2D eigenvalue weighted by Gasteiger charge is -2.19. The predicted molar refractivity (Wildman–Crippen MR) is 131 cm³/mol. The van der Waals surface area contributed by atoms with Gasteiger partial charge < -0.3 is 9.73 Å². The lowest BCUT2D eigenvalue weighted by Crippen LogP contribution is -2.32. The molecule has 6 nitrogen and oxygen atoms in total. The Kier molecular flexibility index (Phi) is 7.02. The van der Waals surface area contributed by atoms with Gasteiger partial charge in [-0.2, -0.15) is 5.26 Å². The van der Waals surface area contributed by atoms with Crippen molar-refractivity contribution in [2.75, 3.05) is 4.90 Å². The maximum Gasteiger partial charge on any atom is 0.265 e. The Balaban J connectivity index is 1.69. The molecule has 1 saturated heterocycles. The molecule has 4 rings (SSSR count). The van der Waals surface area contributed by atoms with Crippen molar-refractivity contribution >= 4 is 45.2 Å². The summed E-state index contributed by atoms with van der Waals surface area (Å²) in [7, 11) is 0. The number of nitrogens with one attached hydrogen (secondary N) is 1. The van der Waals surface area contributed by atoms with E-state index in [1.54, 1.807) is 24.3 Å². The number of rotatable bonds is 6. The first-order valence-corrected chi connectivity index (χ1v) is 11.9. The van der Waals surface area contributed by atoms with Gasteiger partial charge in [0.25, 0.3) is 5.91 Å². The topological polar surface area (TPSA) is 86.3 Å². The lowest BCUT2D eigenvalue weighted by atomic mass is 10.0. The second kappa shape index (κ2) is 10.1. The Morgan fingerprint density at radius 3 is 2.61 bits per heavy atom. The van der Waals surface area contributed by atoms with Crippen molar-refractivity contribution in [2.24, 2.45) is 0 Å². The number of nitrogens with zero attached hydrogens (tertiary/aromatic N) is 2. The molecule has 0 radical (unpaired) electrons. The highest BCUT2D eigenvalue weighted by Crippen LogP contribution is 2.42. The molecule has 0 saturated carbocycles. The van der Waals surface area contributed by atoms with E-state index in [1.807, 2.05) is 49.4 Å². The molecular formula is C25H20BrN3O3S. The smallest absolute Gasteiger partial charge is 0.265 e. The van der Waals surface area contributed by atoms with E-state index in [0.717, 1.165) is 15.6 Å². The highest BCUT2D eigenvalue weighted by Gasteiger charge is 2.40. The number of amides is 2. The standard InChI is InChI=1S/C25H20BrN3O3S/c1-16-5-2-3-6-17(16)13-22-24(31)29(19-10-8-18(26)9-11-19)25(33-22)21(14-27)23(30)28-15-20-7-4-12-32-20/h2-12,22H,13,15H2,1H3,(H,28,30). The molecule has 2 aromatic carbocycles. The predicted octanol–water partition coefficient (Wildman–Crippen LogP) is 5.09. The Morgan fingerprint density at radius 2 is 1.94 bits per heavy atom. The second-order valence-corrected chi connectivity index (χ2v) is 9.55. The Labute approximate surface area is 204 Å². The monoisotopic (exact) mass is 521 g/mol. The summed E-state index contributed by atoms with van der Waals surface area (Å²) < 4.78 is 6.11. The van der Waals surface area contributed by atoms with Crippen LogP contribution >= 0.6 is 27.7 Å². The number of hydrogen-bond acceptors (Lipinski definition) is 5. The molecule has 166 valence electrons. The minimum Gasteiger partial charge on any atom is -0.467 e. The van der Waals surface area contributed by atoms with E-state index < -0.39 is 11.2 Å². The number of aryl methyl sites for hydroxylation is 1. The molecule has 0 bridgehead atoms. The summed E-state index contributed by atoms with van der Waals surface area (Å²) in [6, 6.07) is 20.6. The van der Waals surface area contributed by atoms with E-state index >= 15 is 0 Å². The molecule has 2 heterocycles. The zero-order valence-corrected chi connectivity index (χ0v) is 20.2. The van der Waals surface area contributed by atoms with Crippen molar-refractivity contribution in [3.8, 4) is 6.07 Å². The van der Waals surface area contributed by atoms with Gasteiger partial charge in [-0.25, -0.2) is 0 Å². The second-order valence-electron chi connectivity index (χ2n) is 7.44. The van der Waals surface area contributed by atoms with Gasteiger partial charge >= 0.3 is 0 Å². The molecule has 1 unspecified atom stereocenters. The maximum atomic E-state index is 13.5. The van der Waals surface area contributed by atoms with Gasteiger partial charge in [0.05, 0.1) is 18.1 Å². The number of nitriles is 1. The fourth-order valence-corrected chi connectivity index (χ4v) is 5.08. The largest absolute Gasteiger partial charge is 0.467 e. The molecule has 33 heavy (non-hydrogen) atoms. The van der Waals surface area contributed by atoms with Gasteiger partial charge in [-0.05, 0) is 60.9 Å². The number of carbonyl (C=O) groups is 2. The molecule has 1 aliphatic heterocycles. The van der Waals surface area contributed by atoms with Crippen molar-refractivity contribution in [1.82, 2.24) is 5.32 Å². The molecule has 3 aromatic rings. The first-order chi connectivity index (χ1) is 16.0. The van der Waals surface area contributed by atoms with Crippen LogP contribution in [0.2, 0.25) is 0 Å². The van der Waals surface area contributed by atoms with Crippen molar-refractivity contribution in [1.29, 1.82) is 5.26 Å². The fraction of sp³-hybridized carbons (Fsp3) is 0.160. The number of halogens is 1. The molecule has 1 atom stereocenters. The summed E-state index contributed by atoms with van der Waals surface area (Å²) in [5.41, 5.74) is 2.65. The van der Waals surface area contributed by atoms with Crippen LogP contribution in [0.15, 0.2) is 86.4 Å². The van der Waals surface area contributed by atoms with E-state index in [2.05, 4.69) is 21.2 Å². The molecule has 0 spiro atoms. The van der Waals surface area contributed by atoms with E-state index in [9.17, 15) is 14.9 Å². The van der Waals surface area contributed by atoms with Crippen LogP contribution in [0.1, 0.15) is 16.9 Å². The Morgan fingerprint density at radius 1 is 1.18 bits per heavy atom. The molecule has 1 fully saturated rings. The van der Waals surface area contributed by atoms with Crippen LogP contribution in [0.3, 0.4) is 0 Å². The van der Waals surface area contributed by atoms with E-state index in [-0.39, 0.29) is 18.0 Å². The van der Waals surface area contributed by atoms with Crippen LogP contribution < -0.4 is 10.2 Å². The van der Waals surface area contributed by atoms with Crippen LogP contribution in [-0.2, 0) is 22.6 Å². The Hall–Kier alpha value is -3.28. The van der Waals surface area contributed by atoms with Crippen LogP contribution in [-0.4, -0.2) is 17.1 Å². The molecule has 1 aromatic heterocycles. The van der Waals surface area contributed by atoms with Crippen LogP contribution in [0.4, 0.5) is 5.69 Å². The zero-order valence-electron chi connectivity index (χ0n) is 17.7. The van der Waals surface area contributed by atoms with E-state index in [0.29, 0.717) is 22.9 Å². The van der Waals surface area contributed by atoms with Gasteiger partial charge in [-0.3, -0.25) is 14.5 Å². The summed E-state index contributed by atoms with van der Waals surface area (Å²) in [6.45, 7) is 2.15. The molecule has 2 amide bonds. The minimum absolute atomic E-state index is 0.102. The molecule has 8 heteroatoms. The number of thioether (sulfide) groups is 1. The number of furan rings is 1. The van der Waals surface area contributed by atoms with Gasteiger partial charge in [-0.1, -0.05) is 52.0 Å². The highest BCUT2D eigenvalue weighted by atomic mass is 79.9. The molecule has 1 N–H and O–H groups in total. The summed E-state index contributed by atoms with van der Waals surface area (Å²) in [5, 5.41) is 12.5. The van der Waals surface area contributed by atoms with Crippen molar-refractivity contribution < 1.29 is 14.0 Å². The molecular weight excluding hydrogens is 502 g/mol. The first kappa shape index (κ1) is 22.9. The van der Waals surface area contributed by atoms with Crippen LogP contribution in [0.5, 0.6) is 0 Å². The van der Waals surface area contributed by atoms with Crippen LogP contribution in [0, 0.1) is 18.3 Å². The average molecular weight is 522 g/mol. The molecule has 0 aliphatic carbocycles. The van der Waals surface area contributed by atoms with E-state index in [4.69, 9.17) is 4.42 Å². The minimum atomic E-state index is -0.553. The average Bonchev–Trinajstić information content (AvgIpc) is 3.44. The van der Waals surface area contributed by atoms with Gasteiger partial charge in [0.15, 0.2) is 0 Å². The first-order valence-electron chi connectivity index (χ1n) is 10.2. The van der Waals surface area contributed by atoms with Gasteiger partial charge in [0.1, 0.15) is 22.4 Å². The highest BCUT2D eigenvalue weighted by molar-refractivity contribution is 9.10. The lowest BCUT2D eigenvalue weighted by molar-refractivity contribution is -0.117. The molecule has 1 aliphatic rings. The van der Waals surface area contributed by atoms with Gasteiger partial charge in [0, 0.05) is 10.2 Å². The number of carbonyl (C=O) groups excluding carboxylic acids is 2. The third kappa shape index (κ3) is 5.05. The SMILES string of the molecule is Cc1ccccc1CC1SC(=C(C#N)C(=O)NCc2ccco2)N(c2ccc(Br)cc2)C1=O.